The lowest BCUT2D eigenvalue weighted by Gasteiger charge is -1.93. The predicted molar refractivity (Wildman–Crippen MR) is 47.8 cm³/mol. The molecule has 0 N–H and O–H groups in total. The van der Waals surface area contributed by atoms with E-state index in [2.05, 4.69) is 0 Å². The average molecular weight is 191 g/mol. The van der Waals surface area contributed by atoms with Gasteiger partial charge >= 0.3 is 0 Å². The van der Waals surface area contributed by atoms with Crippen molar-refractivity contribution in [2.45, 2.75) is 0 Å². The molecule has 0 heterocycles. The number of alkyl halides is 2. The number of halogens is 2. The fourth-order valence-corrected chi connectivity index (χ4v) is 4.14. The Kier molecular flexibility index (Phi) is 9.96. The maximum atomic E-state index is 5.46. The molecule has 0 rings (SSSR count). The molecule has 2 unspecified atom stereocenters. The first kappa shape index (κ1) is 9.44. The Hall–Kier alpha value is 1.44. The van der Waals surface area contributed by atoms with Crippen LogP contribution in [0.4, 0.5) is 0 Å². The monoisotopic (exact) mass is 190 g/mol. The second-order valence-electron chi connectivity index (χ2n) is 1.23. The zero-order valence-corrected chi connectivity index (χ0v) is 8.10. The topological polar surface area (TPSA) is 0 Å². The van der Waals surface area contributed by atoms with E-state index in [1.54, 1.807) is 0 Å². The summed E-state index contributed by atoms with van der Waals surface area (Å²) in [5, 5.41) is 0. The summed E-state index contributed by atoms with van der Waals surface area (Å²) in [5.74, 6) is 1.63. The number of hydrogen-bond acceptors (Lipinski definition) is 0. The van der Waals surface area contributed by atoms with Crippen molar-refractivity contribution in [3.8, 4) is 0 Å². The Balaban J connectivity index is 2.53. The quantitative estimate of drug-likeness (QED) is 0.356. The van der Waals surface area contributed by atoms with Gasteiger partial charge in [0.2, 0.25) is 0 Å². The summed E-state index contributed by atoms with van der Waals surface area (Å²) >= 11 is 10.9. The fourth-order valence-electron chi connectivity index (χ4n) is 0.271. The molecule has 50 valence electrons. The normalized spacial score (nSPS) is 12.8. The fraction of sp³-hybridized carbons (Fsp3) is 1.00. The molecule has 0 saturated heterocycles. The van der Waals surface area contributed by atoms with E-state index < -0.39 is 0 Å². The summed E-state index contributed by atoms with van der Waals surface area (Å²) < 4.78 is 0. The van der Waals surface area contributed by atoms with Crippen LogP contribution in [0.1, 0.15) is 0 Å². The SMILES string of the molecule is ClCCPPCCCl. The van der Waals surface area contributed by atoms with Crippen molar-refractivity contribution < 1.29 is 0 Å². The zero-order valence-electron chi connectivity index (χ0n) is 4.58. The minimum atomic E-state index is 0.813. The number of hydrogen-bond donors (Lipinski definition) is 0. The van der Waals surface area contributed by atoms with Gasteiger partial charge in [-0.2, -0.15) is 0 Å². The lowest BCUT2D eigenvalue weighted by Crippen LogP contribution is -1.73. The van der Waals surface area contributed by atoms with Crippen molar-refractivity contribution in [3.05, 3.63) is 0 Å². The van der Waals surface area contributed by atoms with Crippen LogP contribution >= 0.6 is 39.7 Å². The van der Waals surface area contributed by atoms with E-state index in [0.29, 0.717) is 0 Å². The van der Waals surface area contributed by atoms with Gasteiger partial charge in [-0.15, -0.1) is 23.2 Å². The van der Waals surface area contributed by atoms with Gasteiger partial charge in [-0.3, -0.25) is 0 Å². The largest absolute Gasteiger partial charge is 0.126 e. The molecule has 0 aromatic carbocycles. The lowest BCUT2D eigenvalue weighted by atomic mass is 11.0. The molecular formula is C4H10Cl2P2. The van der Waals surface area contributed by atoms with Gasteiger partial charge in [0.05, 0.1) is 0 Å². The van der Waals surface area contributed by atoms with Crippen LogP contribution in [-0.2, 0) is 0 Å². The van der Waals surface area contributed by atoms with Crippen molar-refractivity contribution >= 4 is 39.7 Å². The molecule has 0 spiro atoms. The van der Waals surface area contributed by atoms with E-state index in [1.165, 1.54) is 12.3 Å². The molecule has 0 saturated carbocycles. The molecule has 0 nitrogen and oxygen atoms in total. The molecule has 0 bridgehead atoms. The third-order valence-corrected chi connectivity index (χ3v) is 5.08. The second-order valence-corrected chi connectivity index (χ2v) is 5.82. The van der Waals surface area contributed by atoms with Gasteiger partial charge in [0.15, 0.2) is 0 Å². The van der Waals surface area contributed by atoms with Gasteiger partial charge in [-0.1, -0.05) is 16.5 Å². The van der Waals surface area contributed by atoms with Gasteiger partial charge in [-0.25, -0.2) is 0 Å². The van der Waals surface area contributed by atoms with Gasteiger partial charge < -0.3 is 0 Å². The smallest absolute Gasteiger partial charge is 0.0263 e. The van der Waals surface area contributed by atoms with Gasteiger partial charge in [0, 0.05) is 11.8 Å². The maximum absolute atomic E-state index is 5.46. The van der Waals surface area contributed by atoms with Crippen LogP contribution in [-0.4, -0.2) is 24.1 Å². The van der Waals surface area contributed by atoms with E-state index in [1.807, 2.05) is 0 Å². The van der Waals surface area contributed by atoms with Crippen molar-refractivity contribution in [1.82, 2.24) is 0 Å². The minimum Gasteiger partial charge on any atom is -0.126 e. The van der Waals surface area contributed by atoms with Crippen LogP contribution < -0.4 is 0 Å². The van der Waals surface area contributed by atoms with Crippen LogP contribution in [0.15, 0.2) is 0 Å². The summed E-state index contributed by atoms with van der Waals surface area (Å²) in [5.41, 5.74) is 0. The van der Waals surface area contributed by atoms with Crippen molar-refractivity contribution in [3.63, 3.8) is 0 Å². The summed E-state index contributed by atoms with van der Waals surface area (Å²) in [6.45, 7) is 0. The Morgan fingerprint density at radius 2 is 1.25 bits per heavy atom. The molecule has 2 atom stereocenters. The molecular weight excluding hydrogens is 181 g/mol. The molecule has 0 aliphatic carbocycles. The van der Waals surface area contributed by atoms with Crippen LogP contribution in [0.25, 0.3) is 0 Å². The number of rotatable bonds is 5. The Morgan fingerprint density at radius 1 is 0.875 bits per heavy atom. The Labute approximate surface area is 64.2 Å². The highest BCUT2D eigenvalue weighted by Gasteiger charge is 1.84. The Bertz CT molecular complexity index is 37.0. The van der Waals surface area contributed by atoms with Crippen molar-refractivity contribution in [2.24, 2.45) is 0 Å². The van der Waals surface area contributed by atoms with E-state index in [0.717, 1.165) is 28.3 Å². The van der Waals surface area contributed by atoms with Crippen LogP contribution in [0, 0.1) is 0 Å². The summed E-state index contributed by atoms with van der Waals surface area (Å²) in [6.07, 6.45) is 2.35. The van der Waals surface area contributed by atoms with Crippen molar-refractivity contribution in [2.75, 3.05) is 24.1 Å². The first-order valence-corrected chi connectivity index (χ1v) is 6.97. The zero-order chi connectivity index (χ0) is 6.24. The predicted octanol–water partition coefficient (Wildman–Crippen LogP) is 2.74. The standard InChI is InChI=1S/C4H10Cl2P2/c5-1-3-7-8-4-2-6/h7-8H,1-4H2. The minimum absolute atomic E-state index is 0.813. The first-order valence-electron chi connectivity index (χ1n) is 2.49. The van der Waals surface area contributed by atoms with E-state index in [4.69, 9.17) is 23.2 Å². The van der Waals surface area contributed by atoms with Crippen LogP contribution in [0.2, 0.25) is 0 Å². The van der Waals surface area contributed by atoms with E-state index >= 15 is 0 Å². The maximum Gasteiger partial charge on any atom is 0.0263 e. The summed E-state index contributed by atoms with van der Waals surface area (Å²) in [6, 6.07) is 0. The molecule has 4 heteroatoms. The highest BCUT2D eigenvalue weighted by Crippen LogP contribution is 2.35. The van der Waals surface area contributed by atoms with Crippen molar-refractivity contribution in [1.29, 1.82) is 0 Å². The summed E-state index contributed by atoms with van der Waals surface area (Å²) in [7, 11) is 2.10. The van der Waals surface area contributed by atoms with Crippen LogP contribution in [0.5, 0.6) is 0 Å². The Morgan fingerprint density at radius 3 is 1.50 bits per heavy atom. The molecule has 8 heavy (non-hydrogen) atoms. The molecule has 0 aliphatic heterocycles. The third-order valence-electron chi connectivity index (χ3n) is 0.564. The second kappa shape index (κ2) is 8.44. The highest BCUT2D eigenvalue weighted by molar-refractivity contribution is 8.11. The molecule has 0 aliphatic rings. The third kappa shape index (κ3) is 7.44. The van der Waals surface area contributed by atoms with E-state index in [-0.39, 0.29) is 0 Å². The summed E-state index contributed by atoms with van der Waals surface area (Å²) in [4.78, 5) is 0. The van der Waals surface area contributed by atoms with Crippen LogP contribution in [0.3, 0.4) is 0 Å². The van der Waals surface area contributed by atoms with E-state index in [9.17, 15) is 0 Å². The first-order chi connectivity index (χ1) is 3.91. The molecule has 0 radical (unpaired) electrons. The lowest BCUT2D eigenvalue weighted by molar-refractivity contribution is 1.52. The average Bonchev–Trinajstić information content (AvgIpc) is 1.81. The van der Waals surface area contributed by atoms with Gasteiger partial charge in [0.25, 0.3) is 0 Å². The molecule has 0 amide bonds. The molecule has 0 fully saturated rings. The molecule has 0 aromatic heterocycles. The van der Waals surface area contributed by atoms with Gasteiger partial charge in [-0.05, 0) is 12.3 Å². The highest BCUT2D eigenvalue weighted by atomic mass is 35.5. The van der Waals surface area contributed by atoms with Gasteiger partial charge in [0.1, 0.15) is 0 Å². The molecule has 0 aromatic rings.